The van der Waals surface area contributed by atoms with Crippen molar-refractivity contribution < 1.29 is 15.0 Å². The van der Waals surface area contributed by atoms with Crippen molar-refractivity contribution in [3.8, 4) is 0 Å². The third-order valence-corrected chi connectivity index (χ3v) is 3.73. The third kappa shape index (κ3) is 20.2. The summed E-state index contributed by atoms with van der Waals surface area (Å²) in [6.45, 7) is 2.20. The number of rotatable bonds is 15. The Labute approximate surface area is 158 Å². The molecule has 0 amide bonds. The topological polar surface area (TPSA) is 57.5 Å². The first-order valence-corrected chi connectivity index (χ1v) is 8.71. The van der Waals surface area contributed by atoms with Crippen molar-refractivity contribution in [1.82, 2.24) is 0 Å². The molecule has 22 heavy (non-hydrogen) atoms. The van der Waals surface area contributed by atoms with E-state index in [4.69, 9.17) is 5.11 Å². The van der Waals surface area contributed by atoms with Gasteiger partial charge in [0.2, 0.25) is 0 Å². The van der Waals surface area contributed by atoms with E-state index in [1.54, 1.807) is 0 Å². The van der Waals surface area contributed by atoms with E-state index in [0.29, 0.717) is 6.42 Å². The normalized spacial score (nSPS) is 12.3. The van der Waals surface area contributed by atoms with E-state index in [1.807, 2.05) is 0 Å². The molecule has 4 heteroatoms. The average molecular weight is 322 g/mol. The van der Waals surface area contributed by atoms with Gasteiger partial charge >= 0.3 is 35.5 Å². The van der Waals surface area contributed by atoms with Gasteiger partial charge in [0.1, 0.15) is 0 Å². The quantitative estimate of drug-likeness (QED) is 0.266. The minimum atomic E-state index is -0.689. The molecule has 126 valence electrons. The summed E-state index contributed by atoms with van der Waals surface area (Å²) >= 11 is 0. The summed E-state index contributed by atoms with van der Waals surface area (Å²) in [5.41, 5.74) is 0. The summed E-state index contributed by atoms with van der Waals surface area (Å²) in [5, 5.41) is 18.3. The fourth-order valence-corrected chi connectivity index (χ4v) is 2.36. The van der Waals surface area contributed by atoms with Crippen LogP contribution in [0, 0.1) is 0 Å². The van der Waals surface area contributed by atoms with Crippen molar-refractivity contribution in [3.63, 3.8) is 0 Å². The number of aliphatic hydroxyl groups excluding tert-OH is 1. The number of aliphatic carboxylic acids is 1. The monoisotopic (exact) mass is 322 g/mol. The Kier molecular flexibility index (Phi) is 21.3. The molecule has 0 aliphatic carbocycles. The first-order valence-electron chi connectivity index (χ1n) is 8.71. The van der Waals surface area contributed by atoms with Crippen LogP contribution in [0.5, 0.6) is 0 Å². The fourth-order valence-electron chi connectivity index (χ4n) is 2.36. The first kappa shape index (κ1) is 24.4. The molecule has 0 heterocycles. The summed E-state index contributed by atoms with van der Waals surface area (Å²) in [7, 11) is 0. The summed E-state index contributed by atoms with van der Waals surface area (Å²) in [6.07, 6.45) is 17.4. The third-order valence-electron chi connectivity index (χ3n) is 3.73. The van der Waals surface area contributed by atoms with Crippen LogP contribution >= 0.6 is 0 Å². The molecule has 0 aromatic carbocycles. The van der Waals surface area contributed by atoms with E-state index in [2.05, 4.69) is 19.1 Å². The number of carboxylic acid groups (broad SMARTS) is 1. The Morgan fingerprint density at radius 1 is 0.955 bits per heavy atom. The van der Waals surface area contributed by atoms with Gasteiger partial charge in [-0.1, -0.05) is 64.0 Å². The van der Waals surface area contributed by atoms with E-state index in [-0.39, 0.29) is 35.7 Å². The number of unbranched alkanes of at least 4 members (excludes halogenated alkanes) is 8. The number of carbonyl (C=O) groups is 1. The van der Waals surface area contributed by atoms with Crippen LogP contribution in [0.25, 0.3) is 0 Å². The van der Waals surface area contributed by atoms with Crippen LogP contribution in [-0.4, -0.2) is 51.8 Å². The van der Waals surface area contributed by atoms with Crippen molar-refractivity contribution in [3.05, 3.63) is 12.2 Å². The van der Waals surface area contributed by atoms with Crippen molar-refractivity contribution in [1.29, 1.82) is 0 Å². The molecule has 0 aliphatic rings. The number of hydrogen-bond acceptors (Lipinski definition) is 2. The Hall–Kier alpha value is 0.170. The number of aliphatic hydroxyl groups is 1. The van der Waals surface area contributed by atoms with E-state index in [1.165, 1.54) is 25.7 Å². The van der Waals surface area contributed by atoms with Crippen LogP contribution in [0.1, 0.15) is 90.4 Å². The molecule has 0 saturated carbocycles. The second kappa shape index (κ2) is 19.2. The molecule has 0 bridgehead atoms. The van der Waals surface area contributed by atoms with Gasteiger partial charge in [-0.15, -0.1) is 0 Å². The Morgan fingerprint density at radius 2 is 1.59 bits per heavy atom. The van der Waals surface area contributed by atoms with Crippen molar-refractivity contribution in [2.45, 2.75) is 96.5 Å². The number of hydrogen-bond donors (Lipinski definition) is 2. The van der Waals surface area contributed by atoms with Crippen LogP contribution in [0.3, 0.4) is 0 Å². The fraction of sp³-hybridized carbons (Fsp3) is 0.833. The summed E-state index contributed by atoms with van der Waals surface area (Å²) in [6, 6.07) is 0. The zero-order valence-electron chi connectivity index (χ0n) is 13.7. The average Bonchev–Trinajstić information content (AvgIpc) is 2.45. The molecule has 0 aliphatic heterocycles. The molecule has 2 N–H and O–H groups in total. The zero-order valence-corrected chi connectivity index (χ0v) is 13.7. The molecule has 0 spiro atoms. The second-order valence-corrected chi connectivity index (χ2v) is 5.91. The Balaban J connectivity index is 0. The maximum atomic E-state index is 10.3. The van der Waals surface area contributed by atoms with Gasteiger partial charge in [0, 0.05) is 6.42 Å². The predicted molar refractivity (Wildman–Crippen MR) is 95.6 cm³/mol. The van der Waals surface area contributed by atoms with E-state index >= 15 is 0 Å². The van der Waals surface area contributed by atoms with Crippen molar-refractivity contribution >= 4 is 35.5 Å². The summed E-state index contributed by atoms with van der Waals surface area (Å²) in [4.78, 5) is 10.3. The van der Waals surface area contributed by atoms with Crippen molar-refractivity contribution in [2.75, 3.05) is 0 Å². The van der Waals surface area contributed by atoms with Crippen LogP contribution < -0.4 is 0 Å². The molecular weight excluding hydrogens is 287 g/mol. The molecule has 1 atom stereocenters. The van der Waals surface area contributed by atoms with E-state index in [9.17, 15) is 9.90 Å². The van der Waals surface area contributed by atoms with Crippen LogP contribution in [0.4, 0.5) is 0 Å². The zero-order chi connectivity index (χ0) is 15.8. The summed E-state index contributed by atoms with van der Waals surface area (Å²) < 4.78 is 0. The van der Waals surface area contributed by atoms with Gasteiger partial charge in [-0.2, -0.15) is 0 Å². The van der Waals surface area contributed by atoms with E-state index < -0.39 is 5.97 Å². The molecule has 0 saturated heterocycles. The molecule has 0 fully saturated rings. The van der Waals surface area contributed by atoms with Gasteiger partial charge in [-0.25, -0.2) is 0 Å². The van der Waals surface area contributed by atoms with Gasteiger partial charge < -0.3 is 10.2 Å². The SMILES string of the molecule is CCCCCC[C@@H](O)C/C=C\CCCCCCCC(=O)O.[NaH]. The van der Waals surface area contributed by atoms with Gasteiger partial charge in [0.05, 0.1) is 6.10 Å². The van der Waals surface area contributed by atoms with Gasteiger partial charge in [0.25, 0.3) is 0 Å². The molecule has 0 radical (unpaired) electrons. The summed E-state index contributed by atoms with van der Waals surface area (Å²) in [5.74, 6) is -0.689. The number of carboxylic acids is 1. The molecule has 0 aromatic heterocycles. The van der Waals surface area contributed by atoms with Gasteiger partial charge in [-0.3, -0.25) is 4.79 Å². The minimum absolute atomic E-state index is 0. The molecular formula is C18H35NaO3. The van der Waals surface area contributed by atoms with Gasteiger partial charge in [0.15, 0.2) is 0 Å². The molecule has 0 unspecified atom stereocenters. The van der Waals surface area contributed by atoms with Crippen LogP contribution in [-0.2, 0) is 4.79 Å². The second-order valence-electron chi connectivity index (χ2n) is 5.91. The molecule has 3 nitrogen and oxygen atoms in total. The van der Waals surface area contributed by atoms with E-state index in [0.717, 1.165) is 51.4 Å². The maximum absolute atomic E-state index is 10.3. The van der Waals surface area contributed by atoms with Crippen LogP contribution in [0.15, 0.2) is 12.2 Å². The Morgan fingerprint density at radius 3 is 2.27 bits per heavy atom. The first-order chi connectivity index (χ1) is 10.2. The predicted octanol–water partition coefficient (Wildman–Crippen LogP) is 4.43. The van der Waals surface area contributed by atoms with Crippen molar-refractivity contribution in [2.24, 2.45) is 0 Å². The standard InChI is InChI=1S/C18H34O3.Na.H/c1-2-3-4-11-14-17(19)15-12-9-7-5-6-8-10-13-16-18(20)21;;/h9,12,17,19H,2-8,10-11,13-16H2,1H3,(H,20,21);;/b12-9-;;/t17-;;/m1../s1. The van der Waals surface area contributed by atoms with Gasteiger partial charge in [-0.05, 0) is 32.1 Å². The number of allylic oxidation sites excluding steroid dienone is 1. The molecule has 0 rings (SSSR count). The molecule has 0 aromatic rings. The Bertz CT molecular complexity index is 267. The van der Waals surface area contributed by atoms with Crippen LogP contribution in [0.2, 0.25) is 0 Å².